The molecule has 130 valence electrons. The highest BCUT2D eigenvalue weighted by atomic mass is 79.9. The first kappa shape index (κ1) is 17.2. The zero-order valence-electron chi connectivity index (χ0n) is 13.5. The molecule has 0 aliphatic rings. The number of aromatic nitrogens is 3. The summed E-state index contributed by atoms with van der Waals surface area (Å²) in [6, 6.07) is 14.6. The Kier molecular flexibility index (Phi) is 4.52. The zero-order chi connectivity index (χ0) is 18.3. The number of carbonyl (C=O) groups excluding carboxylic acids is 1. The molecule has 4 aromatic rings. The fraction of sp³-hybridized carbons (Fsp3) is 0.0556. The molecule has 4 rings (SSSR count). The first-order valence-corrected chi connectivity index (χ1v) is 9.69. The van der Waals surface area contributed by atoms with Gasteiger partial charge in [-0.2, -0.15) is 9.78 Å². The minimum Gasteiger partial charge on any atom is -0.306 e. The molecule has 0 saturated heterocycles. The monoisotopic (exact) mass is 446 g/mol. The molecule has 2 heterocycles. The van der Waals surface area contributed by atoms with Crippen LogP contribution >= 0.6 is 38.9 Å². The number of fused-ring (bicyclic) bond motifs is 1. The van der Waals surface area contributed by atoms with Crippen LogP contribution in [0, 0.1) is 6.92 Å². The molecule has 26 heavy (non-hydrogen) atoms. The molecule has 2 aromatic carbocycles. The van der Waals surface area contributed by atoms with Crippen molar-refractivity contribution >= 4 is 60.8 Å². The van der Waals surface area contributed by atoms with E-state index < -0.39 is 0 Å². The molecular weight excluding hydrogens is 436 g/mol. The Labute approximate surface area is 166 Å². The van der Waals surface area contributed by atoms with Gasteiger partial charge < -0.3 is 5.32 Å². The summed E-state index contributed by atoms with van der Waals surface area (Å²) < 4.78 is 3.51. The van der Waals surface area contributed by atoms with E-state index >= 15 is 0 Å². The average molecular weight is 448 g/mol. The Morgan fingerprint density at radius 2 is 2.00 bits per heavy atom. The molecule has 0 atom stereocenters. The fourth-order valence-corrected chi connectivity index (χ4v) is 4.01. The third-order valence-corrected chi connectivity index (χ3v) is 5.55. The number of hydrogen-bond acceptors (Lipinski definition) is 4. The van der Waals surface area contributed by atoms with E-state index in [1.165, 1.54) is 11.3 Å². The van der Waals surface area contributed by atoms with Crippen molar-refractivity contribution < 1.29 is 4.79 Å². The summed E-state index contributed by atoms with van der Waals surface area (Å²) in [5.41, 5.74) is 2.07. The van der Waals surface area contributed by atoms with E-state index in [1.807, 2.05) is 37.3 Å². The van der Waals surface area contributed by atoms with E-state index in [0.717, 1.165) is 20.4 Å². The number of anilines is 1. The van der Waals surface area contributed by atoms with Crippen molar-refractivity contribution in [3.05, 3.63) is 69.3 Å². The van der Waals surface area contributed by atoms with E-state index in [4.69, 9.17) is 11.6 Å². The Balaban J connectivity index is 1.71. The van der Waals surface area contributed by atoms with E-state index in [2.05, 4.69) is 31.3 Å². The molecule has 1 N–H and O–H groups in total. The molecule has 0 spiro atoms. The standard InChI is InChI=1S/C18H12BrClN4OS/c1-10-9-15(21-17(25)11-5-7-12(19)8-6-11)24(23-10)18-22-16-13(20)3-2-4-14(16)26-18/h2-9H,1H3,(H,21,25). The minimum absolute atomic E-state index is 0.210. The second-order valence-electron chi connectivity index (χ2n) is 5.63. The van der Waals surface area contributed by atoms with E-state index in [1.54, 1.807) is 22.9 Å². The Bertz CT molecular complexity index is 1120. The molecule has 0 fully saturated rings. The molecule has 5 nitrogen and oxygen atoms in total. The maximum Gasteiger partial charge on any atom is 0.256 e. The van der Waals surface area contributed by atoms with Crippen molar-refractivity contribution in [1.82, 2.24) is 14.8 Å². The number of nitrogens with one attached hydrogen (secondary N) is 1. The lowest BCUT2D eigenvalue weighted by Gasteiger charge is -2.06. The highest BCUT2D eigenvalue weighted by Gasteiger charge is 2.16. The predicted molar refractivity (Wildman–Crippen MR) is 109 cm³/mol. The van der Waals surface area contributed by atoms with Gasteiger partial charge in [-0.1, -0.05) is 44.9 Å². The molecule has 8 heteroatoms. The van der Waals surface area contributed by atoms with Crippen LogP contribution in [0.25, 0.3) is 15.3 Å². The highest BCUT2D eigenvalue weighted by Crippen LogP contribution is 2.31. The number of halogens is 2. The summed E-state index contributed by atoms with van der Waals surface area (Å²) in [5, 5.41) is 8.61. The van der Waals surface area contributed by atoms with Gasteiger partial charge in [-0.05, 0) is 43.3 Å². The van der Waals surface area contributed by atoms with Gasteiger partial charge >= 0.3 is 0 Å². The second kappa shape index (κ2) is 6.83. The third kappa shape index (κ3) is 3.25. The molecule has 0 saturated carbocycles. The largest absolute Gasteiger partial charge is 0.306 e. The smallest absolute Gasteiger partial charge is 0.256 e. The van der Waals surface area contributed by atoms with Gasteiger partial charge in [0.15, 0.2) is 0 Å². The van der Waals surface area contributed by atoms with E-state index in [0.29, 0.717) is 21.5 Å². The second-order valence-corrected chi connectivity index (χ2v) is 7.96. The van der Waals surface area contributed by atoms with Crippen LogP contribution < -0.4 is 5.32 Å². The Morgan fingerprint density at radius 1 is 1.23 bits per heavy atom. The first-order valence-electron chi connectivity index (χ1n) is 7.70. The van der Waals surface area contributed by atoms with Gasteiger partial charge in [0.25, 0.3) is 5.91 Å². The van der Waals surface area contributed by atoms with Gasteiger partial charge in [0, 0.05) is 16.1 Å². The SMILES string of the molecule is Cc1cc(NC(=O)c2ccc(Br)cc2)n(-c2nc3c(Cl)cccc3s2)n1. The van der Waals surface area contributed by atoms with Crippen molar-refractivity contribution in [3.63, 3.8) is 0 Å². The van der Waals surface area contributed by atoms with Gasteiger partial charge in [0.2, 0.25) is 5.13 Å². The molecule has 0 radical (unpaired) electrons. The summed E-state index contributed by atoms with van der Waals surface area (Å²) in [5.74, 6) is 0.350. The average Bonchev–Trinajstić information content (AvgIpc) is 3.19. The summed E-state index contributed by atoms with van der Waals surface area (Å²) >= 11 is 11.1. The quantitative estimate of drug-likeness (QED) is 0.454. The van der Waals surface area contributed by atoms with Gasteiger partial charge in [-0.3, -0.25) is 4.79 Å². The molecule has 0 unspecified atom stereocenters. The maximum absolute atomic E-state index is 12.5. The lowest BCUT2D eigenvalue weighted by molar-refractivity contribution is 0.102. The number of carbonyl (C=O) groups is 1. The highest BCUT2D eigenvalue weighted by molar-refractivity contribution is 9.10. The number of aryl methyl sites for hydroxylation is 1. The number of benzene rings is 2. The molecular formula is C18H12BrClN4OS. The summed E-state index contributed by atoms with van der Waals surface area (Å²) in [6.07, 6.45) is 0. The summed E-state index contributed by atoms with van der Waals surface area (Å²) in [6.45, 7) is 1.87. The number of amides is 1. The van der Waals surface area contributed by atoms with Gasteiger partial charge in [0.1, 0.15) is 11.3 Å². The van der Waals surface area contributed by atoms with Gasteiger partial charge in [-0.15, -0.1) is 0 Å². The van der Waals surface area contributed by atoms with Crippen molar-refractivity contribution in [2.24, 2.45) is 0 Å². The summed E-state index contributed by atoms with van der Waals surface area (Å²) in [4.78, 5) is 17.1. The van der Waals surface area contributed by atoms with Crippen LogP contribution in [0.3, 0.4) is 0 Å². The van der Waals surface area contributed by atoms with E-state index in [-0.39, 0.29) is 5.91 Å². The van der Waals surface area contributed by atoms with E-state index in [9.17, 15) is 4.79 Å². The number of hydrogen-bond donors (Lipinski definition) is 1. The van der Waals surface area contributed by atoms with Crippen LogP contribution in [0.2, 0.25) is 5.02 Å². The summed E-state index contributed by atoms with van der Waals surface area (Å²) in [7, 11) is 0. The number of rotatable bonds is 3. The van der Waals surface area contributed by atoms with Crippen molar-refractivity contribution in [2.45, 2.75) is 6.92 Å². The minimum atomic E-state index is -0.210. The van der Waals surface area contributed by atoms with Crippen LogP contribution in [0.15, 0.2) is 53.0 Å². The Hall–Kier alpha value is -2.22. The molecule has 0 bridgehead atoms. The lowest BCUT2D eigenvalue weighted by atomic mass is 10.2. The topological polar surface area (TPSA) is 59.8 Å². The van der Waals surface area contributed by atoms with Crippen LogP contribution in [-0.2, 0) is 0 Å². The van der Waals surface area contributed by atoms with Crippen LogP contribution in [-0.4, -0.2) is 20.7 Å². The molecule has 1 amide bonds. The molecule has 2 aromatic heterocycles. The first-order chi connectivity index (χ1) is 12.5. The number of thiazole rings is 1. The van der Waals surface area contributed by atoms with Crippen molar-refractivity contribution in [3.8, 4) is 5.13 Å². The van der Waals surface area contributed by atoms with Gasteiger partial charge in [-0.25, -0.2) is 4.98 Å². The zero-order valence-corrected chi connectivity index (χ0v) is 16.7. The normalized spacial score (nSPS) is 11.0. The number of nitrogens with zero attached hydrogens (tertiary/aromatic N) is 3. The molecule has 0 aliphatic heterocycles. The maximum atomic E-state index is 12.5. The van der Waals surface area contributed by atoms with Crippen LogP contribution in [0.1, 0.15) is 16.1 Å². The lowest BCUT2D eigenvalue weighted by Crippen LogP contribution is -2.15. The third-order valence-electron chi connectivity index (χ3n) is 3.72. The van der Waals surface area contributed by atoms with Crippen molar-refractivity contribution in [2.75, 3.05) is 5.32 Å². The Morgan fingerprint density at radius 3 is 2.73 bits per heavy atom. The fourth-order valence-electron chi connectivity index (χ4n) is 2.52. The van der Waals surface area contributed by atoms with Crippen LogP contribution in [0.5, 0.6) is 0 Å². The van der Waals surface area contributed by atoms with Crippen molar-refractivity contribution in [1.29, 1.82) is 0 Å². The van der Waals surface area contributed by atoms with Crippen LogP contribution in [0.4, 0.5) is 5.82 Å². The number of para-hydroxylation sites is 1. The van der Waals surface area contributed by atoms with Gasteiger partial charge in [0.05, 0.1) is 15.4 Å². The predicted octanol–water partition coefficient (Wildman–Crippen LogP) is 5.46. The molecule has 0 aliphatic carbocycles.